The van der Waals surface area contributed by atoms with Crippen LogP contribution in [-0.4, -0.2) is 51.8 Å². The van der Waals surface area contributed by atoms with Crippen LogP contribution in [0.15, 0.2) is 29.5 Å². The Morgan fingerprint density at radius 2 is 2.10 bits per heavy atom. The Balaban J connectivity index is 1.73. The summed E-state index contributed by atoms with van der Waals surface area (Å²) in [4.78, 5) is 15.5. The van der Waals surface area contributed by atoms with Gasteiger partial charge in [-0.2, -0.15) is 8.42 Å². The number of hydrogen-bond donors (Lipinski definition) is 1. The molecule has 7 nitrogen and oxygen atoms in total. The Morgan fingerprint density at radius 3 is 2.80 bits per heavy atom. The molecule has 30 heavy (non-hydrogen) atoms. The van der Waals surface area contributed by atoms with Gasteiger partial charge in [0.25, 0.3) is 0 Å². The molecule has 3 atom stereocenters. The van der Waals surface area contributed by atoms with Gasteiger partial charge >= 0.3 is 16.1 Å². The van der Waals surface area contributed by atoms with Gasteiger partial charge in [-0.05, 0) is 62.2 Å². The molecule has 8 heteroatoms. The molecule has 1 spiro atoms. The number of hydrogen-bond acceptors (Lipinski definition) is 7. The second-order valence-corrected chi connectivity index (χ2v) is 10.7. The van der Waals surface area contributed by atoms with Gasteiger partial charge < -0.3 is 14.2 Å². The van der Waals surface area contributed by atoms with Crippen molar-refractivity contribution in [3.05, 3.63) is 35.0 Å². The van der Waals surface area contributed by atoms with Gasteiger partial charge in [-0.1, -0.05) is 13.0 Å². The molecule has 1 aliphatic carbocycles. The Kier molecular flexibility index (Phi) is 4.29. The molecule has 5 rings (SSSR count). The van der Waals surface area contributed by atoms with Crippen LogP contribution in [0.1, 0.15) is 44.6 Å². The Hall–Kier alpha value is -2.06. The van der Waals surface area contributed by atoms with Crippen molar-refractivity contribution < 1.29 is 22.1 Å². The van der Waals surface area contributed by atoms with Crippen molar-refractivity contribution in [2.45, 2.75) is 50.5 Å². The molecule has 0 bridgehead atoms. The predicted molar refractivity (Wildman–Crippen MR) is 113 cm³/mol. The van der Waals surface area contributed by atoms with E-state index < -0.39 is 10.1 Å². The molecular formula is C22H28N2O5S. The van der Waals surface area contributed by atoms with E-state index >= 15 is 0 Å². The van der Waals surface area contributed by atoms with Crippen molar-refractivity contribution >= 4 is 21.8 Å². The van der Waals surface area contributed by atoms with E-state index in [1.807, 2.05) is 6.07 Å². The van der Waals surface area contributed by atoms with E-state index in [2.05, 4.69) is 17.1 Å². The van der Waals surface area contributed by atoms with E-state index in [1.54, 1.807) is 12.1 Å². The molecule has 3 aliphatic heterocycles. The molecule has 3 heterocycles. The highest BCUT2D eigenvalue weighted by Gasteiger charge is 2.66. The Bertz CT molecular complexity index is 1070. The molecule has 162 valence electrons. The number of piperidine rings is 1. The number of rotatable bonds is 4. The molecule has 0 aromatic heterocycles. The molecule has 2 fully saturated rings. The summed E-state index contributed by atoms with van der Waals surface area (Å²) in [5.41, 5.74) is 3.38. The Labute approximate surface area is 177 Å². The van der Waals surface area contributed by atoms with E-state index in [0.717, 1.165) is 67.5 Å². The number of ether oxygens (including phenoxy) is 1. The quantitative estimate of drug-likeness (QED) is 0.578. The highest BCUT2D eigenvalue weighted by atomic mass is 32.2. The van der Waals surface area contributed by atoms with Gasteiger partial charge in [0.2, 0.25) is 0 Å². The monoisotopic (exact) mass is 432 g/mol. The van der Waals surface area contributed by atoms with Gasteiger partial charge in [0.05, 0.1) is 24.4 Å². The highest BCUT2D eigenvalue weighted by Crippen LogP contribution is 2.65. The van der Waals surface area contributed by atoms with Crippen molar-refractivity contribution in [2.75, 3.05) is 31.8 Å². The molecule has 0 unspecified atom stereocenters. The lowest BCUT2D eigenvalue weighted by atomic mass is 9.53. The fourth-order valence-corrected chi connectivity index (χ4v) is 7.20. The molecule has 0 saturated carbocycles. The maximum absolute atomic E-state index is 12.9. The summed E-state index contributed by atoms with van der Waals surface area (Å²) in [6.07, 6.45) is 5.94. The van der Waals surface area contributed by atoms with Crippen LogP contribution in [0.5, 0.6) is 5.75 Å². The average Bonchev–Trinajstić information content (AvgIpc) is 3.25. The zero-order chi connectivity index (χ0) is 21.3. The molecular weight excluding hydrogens is 404 g/mol. The molecule has 1 N–H and O–H groups in total. The predicted octanol–water partition coefficient (Wildman–Crippen LogP) is 2.78. The largest absolute Gasteiger partial charge is 0.466 e. The summed E-state index contributed by atoms with van der Waals surface area (Å²) in [6, 6.07) is 5.77. The number of carbonyl (C=O) groups is 1. The minimum atomic E-state index is -3.62. The van der Waals surface area contributed by atoms with Crippen LogP contribution in [0.2, 0.25) is 0 Å². The highest BCUT2D eigenvalue weighted by molar-refractivity contribution is 7.86. The lowest BCUT2D eigenvalue weighted by Crippen LogP contribution is -2.59. The maximum atomic E-state index is 12.9. The van der Waals surface area contributed by atoms with Gasteiger partial charge in [0.1, 0.15) is 5.75 Å². The van der Waals surface area contributed by atoms with Crippen molar-refractivity contribution in [3.8, 4) is 5.75 Å². The van der Waals surface area contributed by atoms with E-state index in [4.69, 9.17) is 8.92 Å². The number of nitrogens with one attached hydrogen (secondary N) is 1. The number of fused-ring (bicyclic) bond motifs is 1. The number of methoxy groups -OCH3 is 1. The van der Waals surface area contributed by atoms with Crippen LogP contribution in [-0.2, 0) is 25.1 Å². The third-order valence-corrected chi connectivity index (χ3v) is 8.21. The third-order valence-electron chi connectivity index (χ3n) is 7.72. The van der Waals surface area contributed by atoms with Crippen LogP contribution in [0.3, 0.4) is 0 Å². The summed E-state index contributed by atoms with van der Waals surface area (Å²) < 4.78 is 33.5. The average molecular weight is 433 g/mol. The first-order valence-corrected chi connectivity index (χ1v) is 12.4. The van der Waals surface area contributed by atoms with Crippen molar-refractivity contribution in [2.24, 2.45) is 5.41 Å². The number of benzene rings is 1. The SMILES string of the molecule is CC[C@@]12CCCN3CC[C@@]4(C(=C(C(=O)OC)C1)Nc1cc(OS(C)(=O)=O)ccc14)[C@H]32. The molecule has 0 radical (unpaired) electrons. The summed E-state index contributed by atoms with van der Waals surface area (Å²) in [7, 11) is -2.18. The van der Waals surface area contributed by atoms with E-state index in [-0.39, 0.29) is 22.5 Å². The van der Waals surface area contributed by atoms with E-state index in [9.17, 15) is 13.2 Å². The van der Waals surface area contributed by atoms with Crippen LogP contribution < -0.4 is 9.50 Å². The fourth-order valence-electron chi connectivity index (χ4n) is 6.75. The topological polar surface area (TPSA) is 84.9 Å². The molecule has 4 aliphatic rings. The lowest BCUT2D eigenvalue weighted by molar-refractivity contribution is -0.137. The minimum absolute atomic E-state index is 0.0347. The van der Waals surface area contributed by atoms with Gasteiger partial charge in [-0.3, -0.25) is 4.90 Å². The standard InChI is InChI=1S/C22H28N2O5S/c1-4-21-8-5-10-24-11-9-22(20(21)24)16-7-6-14(29-30(3,26)27)12-17(16)23-18(22)15(13-21)19(25)28-2/h6-7,12,20,23H,4-5,8-11,13H2,1-3H3/t20-,21-,22-/m1/s1. The van der Waals surface area contributed by atoms with Crippen molar-refractivity contribution in [1.29, 1.82) is 0 Å². The van der Waals surface area contributed by atoms with E-state index in [0.29, 0.717) is 12.5 Å². The first-order chi connectivity index (χ1) is 14.2. The summed E-state index contributed by atoms with van der Waals surface area (Å²) in [6.45, 7) is 4.31. The third kappa shape index (κ3) is 2.59. The molecule has 1 aromatic rings. The van der Waals surface area contributed by atoms with Gasteiger partial charge in [0, 0.05) is 23.5 Å². The van der Waals surface area contributed by atoms with E-state index in [1.165, 1.54) is 7.11 Å². The van der Waals surface area contributed by atoms with Gasteiger partial charge in [-0.25, -0.2) is 4.79 Å². The number of carbonyl (C=O) groups excluding carboxylic acids is 1. The number of nitrogens with zero attached hydrogens (tertiary/aromatic N) is 1. The molecule has 2 saturated heterocycles. The molecule has 1 aromatic carbocycles. The second kappa shape index (κ2) is 6.47. The smallest absolute Gasteiger partial charge is 0.335 e. The summed E-state index contributed by atoms with van der Waals surface area (Å²) in [5, 5.41) is 3.50. The van der Waals surface area contributed by atoms with Crippen LogP contribution >= 0.6 is 0 Å². The summed E-state index contributed by atoms with van der Waals surface area (Å²) >= 11 is 0. The number of anilines is 1. The second-order valence-electron chi connectivity index (χ2n) is 9.12. The van der Waals surface area contributed by atoms with Crippen LogP contribution in [0, 0.1) is 5.41 Å². The normalized spacial score (nSPS) is 32.2. The fraction of sp³-hybridized carbons (Fsp3) is 0.591. The summed E-state index contributed by atoms with van der Waals surface area (Å²) in [5.74, 6) is 0.00635. The Morgan fingerprint density at radius 1 is 1.30 bits per heavy atom. The van der Waals surface area contributed by atoms with Gasteiger partial charge in [0.15, 0.2) is 0 Å². The maximum Gasteiger partial charge on any atom is 0.335 e. The van der Waals surface area contributed by atoms with Crippen molar-refractivity contribution in [3.63, 3.8) is 0 Å². The lowest BCUT2D eigenvalue weighted by Gasteiger charge is -2.56. The number of esters is 1. The van der Waals surface area contributed by atoms with Crippen LogP contribution in [0.4, 0.5) is 5.69 Å². The zero-order valence-corrected chi connectivity index (χ0v) is 18.5. The first-order valence-electron chi connectivity index (χ1n) is 10.6. The van der Waals surface area contributed by atoms with Crippen LogP contribution in [0.25, 0.3) is 0 Å². The zero-order valence-electron chi connectivity index (χ0n) is 17.7. The van der Waals surface area contributed by atoms with Crippen molar-refractivity contribution in [1.82, 2.24) is 4.90 Å². The van der Waals surface area contributed by atoms with Gasteiger partial charge in [-0.15, -0.1) is 0 Å². The minimum Gasteiger partial charge on any atom is -0.466 e. The first kappa shape index (κ1) is 19.9. The molecule has 0 amide bonds.